The van der Waals surface area contributed by atoms with Gasteiger partial charge >= 0.3 is 0 Å². The van der Waals surface area contributed by atoms with Crippen molar-refractivity contribution in [3.63, 3.8) is 0 Å². The molecule has 19 heavy (non-hydrogen) atoms. The summed E-state index contributed by atoms with van der Waals surface area (Å²) in [7, 11) is 0. The molecule has 3 rings (SSSR count). The molecule has 3 aromatic rings. The number of halogens is 1. The monoisotopic (exact) mass is 277 g/mol. The number of alkyl halides is 1. The largest absolute Gasteiger partial charge is 0.337 e. The molecular weight excluding hydrogens is 266 g/mol. The average molecular weight is 278 g/mol. The minimum absolute atomic E-state index is 0.212. The van der Waals surface area contributed by atoms with E-state index >= 15 is 0 Å². The molecule has 0 fully saturated rings. The second-order valence-corrected chi connectivity index (χ2v) is 4.93. The van der Waals surface area contributed by atoms with E-state index < -0.39 is 0 Å². The van der Waals surface area contributed by atoms with Gasteiger partial charge in [0.25, 0.3) is 0 Å². The van der Waals surface area contributed by atoms with Crippen molar-refractivity contribution in [1.82, 2.24) is 24.7 Å². The number of aryl methyl sites for hydroxylation is 1. The molecule has 0 spiro atoms. The van der Waals surface area contributed by atoms with E-state index in [0.717, 1.165) is 16.9 Å². The smallest absolute Gasteiger partial charge is 0.246 e. The molecular formula is C12H12ClN5O. The van der Waals surface area contributed by atoms with Crippen LogP contribution >= 0.6 is 11.6 Å². The Hall–Kier alpha value is -1.95. The lowest BCUT2D eigenvalue weighted by molar-refractivity contribution is 0.367. The van der Waals surface area contributed by atoms with E-state index in [1.54, 1.807) is 19.3 Å². The Balaban J connectivity index is 2.12. The first kappa shape index (κ1) is 12.1. The van der Waals surface area contributed by atoms with Gasteiger partial charge in [-0.05, 0) is 19.9 Å². The van der Waals surface area contributed by atoms with Crippen LogP contribution in [0.4, 0.5) is 0 Å². The quantitative estimate of drug-likeness (QED) is 0.688. The number of imidazole rings is 1. The van der Waals surface area contributed by atoms with Gasteiger partial charge in [-0.2, -0.15) is 4.98 Å². The van der Waals surface area contributed by atoms with Crippen LogP contribution in [0, 0.1) is 6.92 Å². The zero-order chi connectivity index (χ0) is 13.4. The Morgan fingerprint density at radius 1 is 1.42 bits per heavy atom. The summed E-state index contributed by atoms with van der Waals surface area (Å²) in [6.45, 7) is 4.12. The Morgan fingerprint density at radius 2 is 2.26 bits per heavy atom. The number of fused-ring (bicyclic) bond motifs is 1. The normalized spacial score (nSPS) is 13.0. The van der Waals surface area contributed by atoms with E-state index in [-0.39, 0.29) is 5.38 Å². The lowest BCUT2D eigenvalue weighted by Gasteiger charge is -2.07. The van der Waals surface area contributed by atoms with Crippen molar-refractivity contribution in [3.05, 3.63) is 36.0 Å². The number of hydrogen-bond acceptors (Lipinski definition) is 5. The zero-order valence-electron chi connectivity index (χ0n) is 10.5. The Labute approximate surface area is 114 Å². The highest BCUT2D eigenvalue weighted by molar-refractivity contribution is 6.20. The van der Waals surface area contributed by atoms with Crippen LogP contribution in [-0.2, 0) is 6.54 Å². The molecule has 0 aromatic carbocycles. The number of pyridine rings is 1. The minimum atomic E-state index is -0.212. The number of nitrogens with zero attached hydrogens (tertiary/aromatic N) is 5. The van der Waals surface area contributed by atoms with Gasteiger partial charge in [0.05, 0.1) is 17.1 Å². The van der Waals surface area contributed by atoms with Crippen LogP contribution in [-0.4, -0.2) is 24.7 Å². The molecule has 0 saturated heterocycles. The third kappa shape index (κ3) is 2.19. The summed E-state index contributed by atoms with van der Waals surface area (Å²) >= 11 is 6.18. The number of rotatable bonds is 3. The summed E-state index contributed by atoms with van der Waals surface area (Å²) < 4.78 is 7.13. The predicted molar refractivity (Wildman–Crippen MR) is 69.9 cm³/mol. The third-order valence-electron chi connectivity index (χ3n) is 2.80. The lowest BCUT2D eigenvalue weighted by atomic mass is 10.4. The van der Waals surface area contributed by atoms with Crippen molar-refractivity contribution in [2.45, 2.75) is 25.8 Å². The molecule has 0 aliphatic carbocycles. The maximum Gasteiger partial charge on any atom is 0.246 e. The average Bonchev–Trinajstić information content (AvgIpc) is 2.95. The summed E-state index contributed by atoms with van der Waals surface area (Å²) in [5, 5.41) is 3.57. The van der Waals surface area contributed by atoms with Crippen molar-refractivity contribution in [2.24, 2.45) is 0 Å². The van der Waals surface area contributed by atoms with E-state index in [0.29, 0.717) is 18.3 Å². The summed E-state index contributed by atoms with van der Waals surface area (Å²) in [5.41, 5.74) is 1.76. The molecule has 1 atom stereocenters. The maximum absolute atomic E-state index is 6.18. The Morgan fingerprint density at radius 3 is 2.95 bits per heavy atom. The second-order valence-electron chi connectivity index (χ2n) is 4.27. The molecule has 3 heterocycles. The highest BCUT2D eigenvalue weighted by Gasteiger charge is 2.17. The van der Waals surface area contributed by atoms with Gasteiger partial charge in [0.1, 0.15) is 17.9 Å². The fraction of sp³-hybridized carbons (Fsp3) is 0.333. The highest BCUT2D eigenvalue weighted by atomic mass is 35.5. The van der Waals surface area contributed by atoms with E-state index in [9.17, 15) is 0 Å². The molecule has 3 aromatic heterocycles. The molecule has 1 unspecified atom stereocenters. The molecule has 0 aliphatic rings. The van der Waals surface area contributed by atoms with E-state index in [1.165, 1.54) is 0 Å². The second kappa shape index (κ2) is 4.62. The van der Waals surface area contributed by atoms with Gasteiger partial charge < -0.3 is 9.09 Å². The minimum Gasteiger partial charge on any atom is -0.337 e. The van der Waals surface area contributed by atoms with Gasteiger partial charge in [-0.3, -0.25) is 4.98 Å². The van der Waals surface area contributed by atoms with Crippen LogP contribution in [0.3, 0.4) is 0 Å². The standard InChI is InChI=1S/C12H12ClN5O/c1-7(13)12-16-9-5-14-4-3-10(9)18(12)6-11-15-8(2)17-19-11/h3-5,7H,6H2,1-2H3. The van der Waals surface area contributed by atoms with Gasteiger partial charge in [0.15, 0.2) is 5.82 Å². The van der Waals surface area contributed by atoms with Gasteiger partial charge in [0.2, 0.25) is 5.89 Å². The van der Waals surface area contributed by atoms with Gasteiger partial charge in [0, 0.05) is 6.20 Å². The highest BCUT2D eigenvalue weighted by Crippen LogP contribution is 2.24. The summed E-state index contributed by atoms with van der Waals surface area (Å²) in [6, 6.07) is 1.90. The fourth-order valence-corrected chi connectivity index (χ4v) is 2.18. The van der Waals surface area contributed by atoms with E-state index in [4.69, 9.17) is 16.1 Å². The summed E-state index contributed by atoms with van der Waals surface area (Å²) in [4.78, 5) is 12.8. The molecule has 0 aliphatic heterocycles. The molecule has 0 amide bonds. The third-order valence-corrected chi connectivity index (χ3v) is 2.99. The first-order valence-corrected chi connectivity index (χ1v) is 6.32. The molecule has 0 saturated carbocycles. The van der Waals surface area contributed by atoms with Crippen LogP contribution in [0.2, 0.25) is 0 Å². The molecule has 0 bridgehead atoms. The van der Waals surface area contributed by atoms with Crippen LogP contribution < -0.4 is 0 Å². The first-order chi connectivity index (χ1) is 9.15. The molecule has 98 valence electrons. The van der Waals surface area contributed by atoms with E-state index in [1.807, 2.05) is 17.6 Å². The van der Waals surface area contributed by atoms with Crippen molar-refractivity contribution >= 4 is 22.6 Å². The maximum atomic E-state index is 6.18. The van der Waals surface area contributed by atoms with Crippen molar-refractivity contribution in [2.75, 3.05) is 0 Å². The molecule has 0 N–H and O–H groups in total. The molecule has 6 nitrogen and oxygen atoms in total. The van der Waals surface area contributed by atoms with Crippen molar-refractivity contribution in [3.8, 4) is 0 Å². The van der Waals surface area contributed by atoms with Crippen LogP contribution in [0.5, 0.6) is 0 Å². The van der Waals surface area contributed by atoms with Gasteiger partial charge in [-0.15, -0.1) is 11.6 Å². The SMILES string of the molecule is Cc1noc(Cn2c(C(C)Cl)nc3cnccc32)n1. The van der Waals surface area contributed by atoms with Crippen LogP contribution in [0.15, 0.2) is 23.0 Å². The van der Waals surface area contributed by atoms with Crippen molar-refractivity contribution in [1.29, 1.82) is 0 Å². The Bertz CT molecular complexity index is 718. The summed E-state index contributed by atoms with van der Waals surface area (Å²) in [6.07, 6.45) is 3.44. The van der Waals surface area contributed by atoms with Gasteiger partial charge in [-0.1, -0.05) is 5.16 Å². The topological polar surface area (TPSA) is 69.6 Å². The molecule has 0 radical (unpaired) electrons. The van der Waals surface area contributed by atoms with Crippen molar-refractivity contribution < 1.29 is 4.52 Å². The first-order valence-electron chi connectivity index (χ1n) is 5.88. The molecule has 7 heteroatoms. The Kier molecular flexibility index (Phi) is 2.94. The summed E-state index contributed by atoms with van der Waals surface area (Å²) in [5.74, 6) is 1.91. The number of hydrogen-bond donors (Lipinski definition) is 0. The van der Waals surface area contributed by atoms with Crippen LogP contribution in [0.1, 0.15) is 29.8 Å². The van der Waals surface area contributed by atoms with E-state index in [2.05, 4.69) is 20.1 Å². The predicted octanol–water partition coefficient (Wildman–Crippen LogP) is 2.47. The fourth-order valence-electron chi connectivity index (χ4n) is 2.01. The van der Waals surface area contributed by atoms with Crippen LogP contribution in [0.25, 0.3) is 11.0 Å². The lowest BCUT2D eigenvalue weighted by Crippen LogP contribution is -2.06. The zero-order valence-corrected chi connectivity index (χ0v) is 11.3. The van der Waals surface area contributed by atoms with Gasteiger partial charge in [-0.25, -0.2) is 4.98 Å². The number of aromatic nitrogens is 5.